The molecule has 0 fully saturated rings. The fraction of sp³-hybridized carbons (Fsp3) is 0.833. The average molecular weight is 166 g/mol. The Bertz CT molecular complexity index is 144. The molecule has 0 saturated carbocycles. The van der Waals surface area contributed by atoms with E-state index in [1.807, 2.05) is 0 Å². The van der Waals surface area contributed by atoms with Crippen LogP contribution in [0.4, 0.5) is 0 Å². The molecular weight excluding hydrogens is 144 g/mol. The van der Waals surface area contributed by atoms with Crippen molar-refractivity contribution in [2.24, 2.45) is 5.92 Å². The molecule has 0 radical (unpaired) electrons. The zero-order valence-electron chi connectivity index (χ0n) is 8.60. The van der Waals surface area contributed by atoms with Crippen molar-refractivity contribution >= 4 is 0 Å². The molecule has 0 heterocycles. The van der Waals surface area contributed by atoms with Crippen LogP contribution in [0.5, 0.6) is 0 Å². The Labute approximate surface area is 77.1 Å². The first-order valence-electron chi connectivity index (χ1n) is 5.56. The lowest BCUT2D eigenvalue weighted by Crippen LogP contribution is -2.04. The van der Waals surface area contributed by atoms with Gasteiger partial charge in [0.05, 0.1) is 0 Å². The minimum Gasteiger partial charge on any atom is -0.0822 e. The van der Waals surface area contributed by atoms with E-state index in [0.717, 1.165) is 5.92 Å². The Morgan fingerprint density at radius 3 is 2.83 bits per heavy atom. The second-order valence-electron chi connectivity index (χ2n) is 4.02. The molecule has 0 N–H and O–H groups in total. The number of hydrogen-bond donors (Lipinski definition) is 0. The van der Waals surface area contributed by atoms with Crippen LogP contribution < -0.4 is 0 Å². The van der Waals surface area contributed by atoms with Crippen molar-refractivity contribution < 1.29 is 0 Å². The number of allylic oxidation sites excluding steroid dienone is 2. The highest BCUT2D eigenvalue weighted by Crippen LogP contribution is 2.28. The van der Waals surface area contributed by atoms with Crippen LogP contribution in [0.2, 0.25) is 0 Å². The van der Waals surface area contributed by atoms with Gasteiger partial charge >= 0.3 is 0 Å². The van der Waals surface area contributed by atoms with E-state index in [0.29, 0.717) is 0 Å². The van der Waals surface area contributed by atoms with Crippen molar-refractivity contribution in [2.45, 2.75) is 58.8 Å². The van der Waals surface area contributed by atoms with Crippen molar-refractivity contribution in [3.05, 3.63) is 11.6 Å². The minimum atomic E-state index is 0.922. The van der Waals surface area contributed by atoms with Gasteiger partial charge in [-0.15, -0.1) is 0 Å². The summed E-state index contributed by atoms with van der Waals surface area (Å²) < 4.78 is 0. The van der Waals surface area contributed by atoms with Crippen LogP contribution in [0.1, 0.15) is 58.8 Å². The van der Waals surface area contributed by atoms with E-state index in [9.17, 15) is 0 Å². The second kappa shape index (κ2) is 5.40. The predicted octanol–water partition coefficient (Wildman–Crippen LogP) is 4.31. The third kappa shape index (κ3) is 3.00. The summed E-state index contributed by atoms with van der Waals surface area (Å²) in [4.78, 5) is 0. The summed E-state index contributed by atoms with van der Waals surface area (Å²) >= 11 is 0. The van der Waals surface area contributed by atoms with Gasteiger partial charge in [-0.1, -0.05) is 38.3 Å². The predicted molar refractivity (Wildman–Crippen MR) is 55.2 cm³/mol. The largest absolute Gasteiger partial charge is 0.0822 e. The van der Waals surface area contributed by atoms with Gasteiger partial charge in [-0.3, -0.25) is 0 Å². The molecule has 1 aliphatic rings. The smallest absolute Gasteiger partial charge is 0.0231 e. The van der Waals surface area contributed by atoms with Crippen LogP contribution >= 0.6 is 0 Å². The van der Waals surface area contributed by atoms with E-state index in [1.165, 1.54) is 44.9 Å². The van der Waals surface area contributed by atoms with Crippen molar-refractivity contribution in [2.75, 3.05) is 0 Å². The van der Waals surface area contributed by atoms with Crippen LogP contribution in [-0.4, -0.2) is 0 Å². The average Bonchev–Trinajstić information content (AvgIpc) is 2.06. The SMILES string of the molecule is CCCC1=CC(CCC)CCC1. The molecule has 0 saturated heterocycles. The molecule has 0 bridgehead atoms. The first kappa shape index (κ1) is 9.83. The molecule has 0 heteroatoms. The second-order valence-corrected chi connectivity index (χ2v) is 4.02. The van der Waals surface area contributed by atoms with E-state index < -0.39 is 0 Å². The van der Waals surface area contributed by atoms with Crippen LogP contribution in [0.3, 0.4) is 0 Å². The van der Waals surface area contributed by atoms with Crippen molar-refractivity contribution in [3.63, 3.8) is 0 Å². The molecule has 0 spiro atoms. The molecule has 1 atom stereocenters. The summed E-state index contributed by atoms with van der Waals surface area (Å²) in [5.41, 5.74) is 1.74. The Hall–Kier alpha value is -0.260. The van der Waals surface area contributed by atoms with Gasteiger partial charge in [0, 0.05) is 0 Å². The molecule has 0 aromatic carbocycles. The number of hydrogen-bond acceptors (Lipinski definition) is 0. The Kier molecular flexibility index (Phi) is 4.42. The zero-order chi connectivity index (χ0) is 8.81. The summed E-state index contributed by atoms with van der Waals surface area (Å²) in [6.45, 7) is 4.58. The molecule has 1 unspecified atom stereocenters. The molecule has 0 amide bonds. The van der Waals surface area contributed by atoms with Gasteiger partial charge in [0.15, 0.2) is 0 Å². The van der Waals surface area contributed by atoms with Gasteiger partial charge < -0.3 is 0 Å². The van der Waals surface area contributed by atoms with E-state index in [2.05, 4.69) is 19.9 Å². The fourth-order valence-electron chi connectivity index (χ4n) is 2.22. The summed E-state index contributed by atoms with van der Waals surface area (Å²) in [5, 5.41) is 0. The summed E-state index contributed by atoms with van der Waals surface area (Å²) in [6, 6.07) is 0. The van der Waals surface area contributed by atoms with E-state index in [1.54, 1.807) is 5.57 Å². The molecule has 0 aromatic rings. The molecule has 1 aliphatic carbocycles. The van der Waals surface area contributed by atoms with E-state index >= 15 is 0 Å². The molecule has 0 aromatic heterocycles. The Balaban J connectivity index is 2.39. The van der Waals surface area contributed by atoms with Crippen molar-refractivity contribution in [3.8, 4) is 0 Å². The van der Waals surface area contributed by atoms with Gasteiger partial charge in [0.25, 0.3) is 0 Å². The summed E-state index contributed by atoms with van der Waals surface area (Å²) in [5.74, 6) is 0.922. The lowest BCUT2D eigenvalue weighted by molar-refractivity contribution is 0.483. The van der Waals surface area contributed by atoms with Crippen molar-refractivity contribution in [1.82, 2.24) is 0 Å². The molecular formula is C12H22. The maximum Gasteiger partial charge on any atom is -0.0231 e. The quantitative estimate of drug-likeness (QED) is 0.546. The van der Waals surface area contributed by atoms with Crippen LogP contribution in [0, 0.1) is 5.92 Å². The Morgan fingerprint density at radius 2 is 2.17 bits per heavy atom. The van der Waals surface area contributed by atoms with Crippen LogP contribution in [-0.2, 0) is 0 Å². The van der Waals surface area contributed by atoms with Gasteiger partial charge in [-0.05, 0) is 38.0 Å². The molecule has 12 heavy (non-hydrogen) atoms. The van der Waals surface area contributed by atoms with Gasteiger partial charge in [0.2, 0.25) is 0 Å². The highest BCUT2D eigenvalue weighted by Gasteiger charge is 2.11. The van der Waals surface area contributed by atoms with Gasteiger partial charge in [-0.2, -0.15) is 0 Å². The first-order valence-corrected chi connectivity index (χ1v) is 5.56. The minimum absolute atomic E-state index is 0.922. The fourth-order valence-corrected chi connectivity index (χ4v) is 2.22. The third-order valence-electron chi connectivity index (χ3n) is 2.77. The zero-order valence-corrected chi connectivity index (χ0v) is 8.60. The number of rotatable bonds is 4. The van der Waals surface area contributed by atoms with Crippen LogP contribution in [0.25, 0.3) is 0 Å². The normalized spacial score (nSPS) is 23.8. The summed E-state index contributed by atoms with van der Waals surface area (Å²) in [6.07, 6.45) is 12.3. The van der Waals surface area contributed by atoms with E-state index in [-0.39, 0.29) is 0 Å². The van der Waals surface area contributed by atoms with Gasteiger partial charge in [0.1, 0.15) is 0 Å². The standard InChI is InChI=1S/C12H22/c1-3-6-11-8-5-9-12(10-11)7-4-2/h10-11H,3-9H2,1-2H3. The molecule has 0 aliphatic heterocycles. The lowest BCUT2D eigenvalue weighted by Gasteiger charge is -2.20. The highest BCUT2D eigenvalue weighted by atomic mass is 14.2. The monoisotopic (exact) mass is 166 g/mol. The molecule has 70 valence electrons. The molecule has 0 nitrogen and oxygen atoms in total. The summed E-state index contributed by atoms with van der Waals surface area (Å²) in [7, 11) is 0. The maximum absolute atomic E-state index is 2.57. The third-order valence-corrected chi connectivity index (χ3v) is 2.77. The highest BCUT2D eigenvalue weighted by molar-refractivity contribution is 5.07. The maximum atomic E-state index is 2.57. The van der Waals surface area contributed by atoms with Gasteiger partial charge in [-0.25, -0.2) is 0 Å². The van der Waals surface area contributed by atoms with Crippen molar-refractivity contribution in [1.29, 1.82) is 0 Å². The lowest BCUT2D eigenvalue weighted by atomic mass is 9.86. The Morgan fingerprint density at radius 1 is 1.33 bits per heavy atom. The van der Waals surface area contributed by atoms with Crippen LogP contribution in [0.15, 0.2) is 11.6 Å². The first-order chi connectivity index (χ1) is 5.86. The molecule has 1 rings (SSSR count). The topological polar surface area (TPSA) is 0 Å². The van der Waals surface area contributed by atoms with E-state index in [4.69, 9.17) is 0 Å².